The Kier molecular flexibility index (Phi) is 8.17. The van der Waals surface area contributed by atoms with Crippen LogP contribution in [0, 0.1) is 5.92 Å². The molecule has 0 spiro atoms. The number of nitrogens with zero attached hydrogens (tertiary/aromatic N) is 2. The fourth-order valence-electron chi connectivity index (χ4n) is 3.09. The number of nitrogens with one attached hydrogen (secondary N) is 2. The summed E-state index contributed by atoms with van der Waals surface area (Å²) >= 11 is 3.03. The number of hydrogen-bond donors (Lipinski definition) is 2. The van der Waals surface area contributed by atoms with Gasteiger partial charge in [0.25, 0.3) is 5.91 Å². The first-order chi connectivity index (χ1) is 14.1. The molecule has 3 rings (SSSR count). The molecule has 1 fully saturated rings. The Bertz CT molecular complexity index is 788. The number of hydrogen-bond acceptors (Lipinski definition) is 7. The van der Waals surface area contributed by atoms with E-state index in [1.807, 2.05) is 30.7 Å². The molecule has 29 heavy (non-hydrogen) atoms. The molecule has 0 saturated carbocycles. The maximum Gasteiger partial charge on any atom is 0.271 e. The second kappa shape index (κ2) is 10.8. The van der Waals surface area contributed by atoms with Crippen LogP contribution in [0.15, 0.2) is 22.2 Å². The minimum atomic E-state index is -0.580. The van der Waals surface area contributed by atoms with Crippen molar-refractivity contribution in [1.29, 1.82) is 0 Å². The topological polar surface area (TPSA) is 83.6 Å². The van der Waals surface area contributed by atoms with Crippen LogP contribution >= 0.6 is 22.7 Å². The maximum atomic E-state index is 12.8. The minimum Gasteiger partial charge on any atom is -0.379 e. The van der Waals surface area contributed by atoms with Crippen LogP contribution in [-0.4, -0.2) is 67.1 Å². The van der Waals surface area contributed by atoms with Gasteiger partial charge in [0, 0.05) is 42.5 Å². The van der Waals surface area contributed by atoms with Crippen molar-refractivity contribution in [2.75, 3.05) is 39.4 Å². The molecule has 3 heterocycles. The summed E-state index contributed by atoms with van der Waals surface area (Å²) in [5.41, 5.74) is 1.36. The van der Waals surface area contributed by atoms with Gasteiger partial charge in [-0.15, -0.1) is 11.3 Å². The lowest BCUT2D eigenvalue weighted by molar-refractivity contribution is -0.124. The van der Waals surface area contributed by atoms with Gasteiger partial charge in [-0.3, -0.25) is 14.5 Å². The van der Waals surface area contributed by atoms with Gasteiger partial charge in [0.2, 0.25) is 5.91 Å². The predicted molar refractivity (Wildman–Crippen MR) is 116 cm³/mol. The van der Waals surface area contributed by atoms with Crippen LogP contribution in [0.3, 0.4) is 0 Å². The number of carbonyl (C=O) groups excluding carboxylic acids is 2. The van der Waals surface area contributed by atoms with Crippen molar-refractivity contribution in [3.05, 3.63) is 27.9 Å². The third-order valence-corrected chi connectivity index (χ3v) is 6.69. The Morgan fingerprint density at radius 2 is 2.10 bits per heavy atom. The van der Waals surface area contributed by atoms with Crippen molar-refractivity contribution in [3.63, 3.8) is 0 Å². The van der Waals surface area contributed by atoms with Gasteiger partial charge in [0.15, 0.2) is 0 Å². The summed E-state index contributed by atoms with van der Waals surface area (Å²) in [6.45, 7) is 8.58. The normalized spacial score (nSPS) is 16.9. The fraction of sp³-hybridized carbons (Fsp3) is 0.550. The van der Waals surface area contributed by atoms with Crippen molar-refractivity contribution < 1.29 is 14.3 Å². The van der Waals surface area contributed by atoms with Gasteiger partial charge in [-0.1, -0.05) is 20.3 Å². The predicted octanol–water partition coefficient (Wildman–Crippen LogP) is 2.46. The zero-order chi connectivity index (χ0) is 20.6. The highest BCUT2D eigenvalue weighted by Gasteiger charge is 2.27. The molecule has 158 valence electrons. The van der Waals surface area contributed by atoms with E-state index in [1.165, 1.54) is 11.3 Å². The summed E-state index contributed by atoms with van der Waals surface area (Å²) in [5.74, 6) is -0.428. The van der Waals surface area contributed by atoms with Gasteiger partial charge in [0.1, 0.15) is 16.7 Å². The molecular weight excluding hydrogens is 408 g/mol. The standard InChI is InChI=1S/C20H28N4O3S2/c1-3-14(2)17(19(26)21-5-6-24-7-9-27-10-8-24)23-18(25)16-13-29-20(22-16)15-4-11-28-12-15/h4,11-14,17H,3,5-10H2,1-2H3,(H,21,26)(H,23,25)/t14-,17+/m0/s1. The van der Waals surface area contributed by atoms with Crippen LogP contribution in [0.25, 0.3) is 10.6 Å². The third kappa shape index (κ3) is 6.08. The third-order valence-electron chi connectivity index (χ3n) is 5.12. The molecule has 0 radical (unpaired) electrons. The Hall–Kier alpha value is -1.81. The molecule has 2 aromatic heterocycles. The van der Waals surface area contributed by atoms with Crippen LogP contribution in [-0.2, 0) is 9.53 Å². The van der Waals surface area contributed by atoms with Crippen molar-refractivity contribution >= 4 is 34.5 Å². The van der Waals surface area contributed by atoms with Gasteiger partial charge in [-0.05, 0) is 17.4 Å². The molecule has 9 heteroatoms. The second-order valence-electron chi connectivity index (χ2n) is 7.13. The first kappa shape index (κ1) is 21.9. The maximum absolute atomic E-state index is 12.8. The van der Waals surface area contributed by atoms with Crippen LogP contribution in [0.2, 0.25) is 0 Å². The van der Waals surface area contributed by atoms with E-state index in [9.17, 15) is 9.59 Å². The largest absolute Gasteiger partial charge is 0.379 e. The van der Waals surface area contributed by atoms with E-state index in [-0.39, 0.29) is 17.7 Å². The summed E-state index contributed by atoms with van der Waals surface area (Å²) in [6, 6.07) is 1.40. The van der Waals surface area contributed by atoms with E-state index >= 15 is 0 Å². The Balaban J connectivity index is 1.56. The van der Waals surface area contributed by atoms with E-state index in [0.29, 0.717) is 12.2 Å². The number of aromatic nitrogens is 1. The van der Waals surface area contributed by atoms with E-state index in [4.69, 9.17) is 4.74 Å². The molecule has 1 aliphatic heterocycles. The number of rotatable bonds is 9. The lowest BCUT2D eigenvalue weighted by atomic mass is 9.98. The average Bonchev–Trinajstić information content (AvgIpc) is 3.43. The molecule has 0 bridgehead atoms. The number of amides is 2. The molecule has 0 aliphatic carbocycles. The smallest absolute Gasteiger partial charge is 0.271 e. The quantitative estimate of drug-likeness (QED) is 0.631. The molecule has 2 amide bonds. The van der Waals surface area contributed by atoms with Gasteiger partial charge in [-0.25, -0.2) is 4.98 Å². The highest BCUT2D eigenvalue weighted by atomic mass is 32.1. The number of morpholine rings is 1. The van der Waals surface area contributed by atoms with Gasteiger partial charge >= 0.3 is 0 Å². The zero-order valence-corrected chi connectivity index (χ0v) is 18.5. The van der Waals surface area contributed by atoms with Crippen LogP contribution in [0.5, 0.6) is 0 Å². The van der Waals surface area contributed by atoms with E-state index in [0.717, 1.165) is 49.8 Å². The van der Waals surface area contributed by atoms with Crippen LogP contribution < -0.4 is 10.6 Å². The lowest BCUT2D eigenvalue weighted by Crippen LogP contribution is -2.51. The van der Waals surface area contributed by atoms with Crippen molar-refractivity contribution in [3.8, 4) is 10.6 Å². The first-order valence-electron chi connectivity index (χ1n) is 9.95. The highest BCUT2D eigenvalue weighted by Crippen LogP contribution is 2.25. The molecule has 0 unspecified atom stereocenters. The minimum absolute atomic E-state index is 0.0253. The van der Waals surface area contributed by atoms with Crippen molar-refractivity contribution in [2.45, 2.75) is 26.3 Å². The summed E-state index contributed by atoms with van der Waals surface area (Å²) in [6.07, 6.45) is 0.791. The monoisotopic (exact) mass is 436 g/mol. The van der Waals surface area contributed by atoms with Crippen molar-refractivity contribution in [1.82, 2.24) is 20.5 Å². The summed E-state index contributed by atoms with van der Waals surface area (Å²) < 4.78 is 5.34. The van der Waals surface area contributed by atoms with Gasteiger partial charge in [0.05, 0.1) is 13.2 Å². The van der Waals surface area contributed by atoms with Gasteiger partial charge < -0.3 is 15.4 Å². The molecule has 2 atom stereocenters. The SMILES string of the molecule is CC[C@H](C)[C@@H](NC(=O)c1csc(-c2ccsc2)n1)C(=O)NCCN1CCOCC1. The number of thiazole rings is 1. The molecule has 2 aromatic rings. The molecule has 1 aliphatic rings. The second-order valence-corrected chi connectivity index (χ2v) is 8.77. The number of carbonyl (C=O) groups is 2. The summed E-state index contributed by atoms with van der Waals surface area (Å²) in [5, 5.41) is 12.4. The summed E-state index contributed by atoms with van der Waals surface area (Å²) in [4.78, 5) is 32.2. The fourth-order valence-corrected chi connectivity index (χ4v) is 4.60. The number of ether oxygens (including phenoxy) is 1. The average molecular weight is 437 g/mol. The van der Waals surface area contributed by atoms with E-state index < -0.39 is 6.04 Å². The Morgan fingerprint density at radius 1 is 1.31 bits per heavy atom. The molecule has 0 aromatic carbocycles. The van der Waals surface area contributed by atoms with Crippen LogP contribution in [0.1, 0.15) is 30.8 Å². The number of thiophene rings is 1. The van der Waals surface area contributed by atoms with E-state index in [2.05, 4.69) is 20.5 Å². The zero-order valence-electron chi connectivity index (χ0n) is 16.8. The van der Waals surface area contributed by atoms with E-state index in [1.54, 1.807) is 16.7 Å². The Labute approximate surface area is 179 Å². The molecule has 7 nitrogen and oxygen atoms in total. The van der Waals surface area contributed by atoms with Gasteiger partial charge in [-0.2, -0.15) is 11.3 Å². The van der Waals surface area contributed by atoms with Crippen molar-refractivity contribution in [2.24, 2.45) is 5.92 Å². The highest BCUT2D eigenvalue weighted by molar-refractivity contribution is 7.14. The molecule has 1 saturated heterocycles. The van der Waals surface area contributed by atoms with Crippen LogP contribution in [0.4, 0.5) is 0 Å². The first-order valence-corrected chi connectivity index (χ1v) is 11.8. The molecular formula is C20H28N4O3S2. The summed E-state index contributed by atoms with van der Waals surface area (Å²) in [7, 11) is 0. The molecule has 2 N–H and O–H groups in total. The lowest BCUT2D eigenvalue weighted by Gasteiger charge is -2.27. The Morgan fingerprint density at radius 3 is 2.79 bits per heavy atom.